The van der Waals surface area contributed by atoms with Gasteiger partial charge in [-0.05, 0) is 40.2 Å². The molecule has 0 bridgehead atoms. The van der Waals surface area contributed by atoms with Crippen LogP contribution in [0.15, 0.2) is 34.1 Å². The predicted octanol–water partition coefficient (Wildman–Crippen LogP) is 5.04. The Bertz CT molecular complexity index is 688. The molecule has 2 aromatic rings. The maximum absolute atomic E-state index is 12.9. The molecule has 110 valence electrons. The Morgan fingerprint density at radius 1 is 1.33 bits per heavy atom. The summed E-state index contributed by atoms with van der Waals surface area (Å²) in [7, 11) is 1.72. The minimum Gasteiger partial charge on any atom is -0.369 e. The third-order valence-electron chi connectivity index (χ3n) is 2.88. The van der Waals surface area contributed by atoms with Gasteiger partial charge in [0.25, 0.3) is 0 Å². The molecule has 0 aliphatic heterocycles. The van der Waals surface area contributed by atoms with Crippen molar-refractivity contribution < 1.29 is 13.2 Å². The highest BCUT2D eigenvalue weighted by atomic mass is 79.9. The van der Waals surface area contributed by atoms with Crippen LogP contribution >= 0.6 is 27.3 Å². The number of thiophene rings is 1. The second-order valence-corrected chi connectivity index (χ2v) is 6.34. The van der Waals surface area contributed by atoms with Crippen LogP contribution in [0, 0.1) is 11.3 Å². The zero-order valence-electron chi connectivity index (χ0n) is 10.9. The van der Waals surface area contributed by atoms with Crippen LogP contribution in [0.2, 0.25) is 0 Å². The van der Waals surface area contributed by atoms with Gasteiger partial charge in [0.2, 0.25) is 0 Å². The van der Waals surface area contributed by atoms with E-state index in [-0.39, 0.29) is 5.56 Å². The SMILES string of the molecule is CN(Cc1cc(Br)cs1)c1ccc(C#N)c(C(F)(F)F)c1. The number of nitrogens with zero attached hydrogens (tertiary/aromatic N) is 2. The van der Waals surface area contributed by atoms with E-state index in [2.05, 4.69) is 15.9 Å². The van der Waals surface area contributed by atoms with E-state index < -0.39 is 11.7 Å². The first-order valence-corrected chi connectivity index (χ1v) is 7.54. The lowest BCUT2D eigenvalue weighted by Crippen LogP contribution is -2.17. The molecule has 0 aliphatic rings. The van der Waals surface area contributed by atoms with E-state index in [1.165, 1.54) is 23.5 Å². The smallest absolute Gasteiger partial charge is 0.369 e. The van der Waals surface area contributed by atoms with E-state index in [1.54, 1.807) is 18.0 Å². The van der Waals surface area contributed by atoms with E-state index in [4.69, 9.17) is 5.26 Å². The monoisotopic (exact) mass is 374 g/mol. The molecular weight excluding hydrogens is 365 g/mol. The van der Waals surface area contributed by atoms with Gasteiger partial charge in [0, 0.05) is 27.5 Å². The lowest BCUT2D eigenvalue weighted by Gasteiger charge is -2.20. The van der Waals surface area contributed by atoms with Gasteiger partial charge in [-0.2, -0.15) is 18.4 Å². The predicted molar refractivity (Wildman–Crippen MR) is 80.3 cm³/mol. The average molecular weight is 375 g/mol. The summed E-state index contributed by atoms with van der Waals surface area (Å²) in [6.07, 6.45) is -4.53. The Hall–Kier alpha value is -1.52. The van der Waals surface area contributed by atoms with Crippen LogP contribution < -0.4 is 4.90 Å². The van der Waals surface area contributed by atoms with Crippen molar-refractivity contribution in [1.82, 2.24) is 0 Å². The molecule has 0 aliphatic carbocycles. The number of hydrogen-bond donors (Lipinski definition) is 0. The fourth-order valence-corrected chi connectivity index (χ4v) is 3.37. The molecule has 1 aromatic heterocycles. The zero-order chi connectivity index (χ0) is 15.6. The molecule has 0 amide bonds. The van der Waals surface area contributed by atoms with Crippen molar-refractivity contribution in [3.63, 3.8) is 0 Å². The Morgan fingerprint density at radius 3 is 2.57 bits per heavy atom. The highest BCUT2D eigenvalue weighted by molar-refractivity contribution is 9.10. The van der Waals surface area contributed by atoms with Gasteiger partial charge in [-0.3, -0.25) is 0 Å². The maximum atomic E-state index is 12.9. The fraction of sp³-hybridized carbons (Fsp3) is 0.214. The van der Waals surface area contributed by atoms with Gasteiger partial charge in [-0.25, -0.2) is 0 Å². The van der Waals surface area contributed by atoms with Crippen LogP contribution in [-0.4, -0.2) is 7.05 Å². The molecule has 0 saturated heterocycles. The fourth-order valence-electron chi connectivity index (χ4n) is 1.86. The molecule has 0 spiro atoms. The third-order valence-corrected chi connectivity index (χ3v) is 4.57. The molecule has 21 heavy (non-hydrogen) atoms. The lowest BCUT2D eigenvalue weighted by atomic mass is 10.1. The number of anilines is 1. The number of hydrogen-bond acceptors (Lipinski definition) is 3. The van der Waals surface area contributed by atoms with Crippen molar-refractivity contribution in [2.24, 2.45) is 0 Å². The van der Waals surface area contributed by atoms with E-state index in [0.29, 0.717) is 12.2 Å². The first kappa shape index (κ1) is 15.9. The van der Waals surface area contributed by atoms with Gasteiger partial charge in [0.1, 0.15) is 0 Å². The second-order valence-electron chi connectivity index (χ2n) is 4.43. The number of nitriles is 1. The summed E-state index contributed by atoms with van der Waals surface area (Å²) in [5.74, 6) is 0. The number of rotatable bonds is 3. The highest BCUT2D eigenvalue weighted by Gasteiger charge is 2.34. The Labute approximate surface area is 132 Å². The molecule has 0 fully saturated rings. The average Bonchev–Trinajstić information content (AvgIpc) is 2.82. The normalized spacial score (nSPS) is 11.2. The van der Waals surface area contributed by atoms with Gasteiger partial charge in [0.05, 0.1) is 23.7 Å². The minimum atomic E-state index is -4.53. The van der Waals surface area contributed by atoms with Crippen molar-refractivity contribution in [1.29, 1.82) is 5.26 Å². The van der Waals surface area contributed by atoms with Crippen LogP contribution in [-0.2, 0) is 12.7 Å². The Kier molecular flexibility index (Phi) is 4.59. The van der Waals surface area contributed by atoms with Crippen LogP contribution in [0.25, 0.3) is 0 Å². The van der Waals surface area contributed by atoms with Gasteiger partial charge in [0.15, 0.2) is 0 Å². The molecule has 1 aromatic carbocycles. The van der Waals surface area contributed by atoms with Gasteiger partial charge < -0.3 is 4.90 Å². The van der Waals surface area contributed by atoms with E-state index in [9.17, 15) is 13.2 Å². The first-order chi connectivity index (χ1) is 9.81. The van der Waals surface area contributed by atoms with Crippen LogP contribution in [0.4, 0.5) is 18.9 Å². The first-order valence-electron chi connectivity index (χ1n) is 5.86. The summed E-state index contributed by atoms with van der Waals surface area (Å²) in [5, 5.41) is 10.7. The number of alkyl halides is 3. The number of halogens is 4. The van der Waals surface area contributed by atoms with Crippen molar-refractivity contribution in [2.45, 2.75) is 12.7 Å². The van der Waals surface area contributed by atoms with Crippen molar-refractivity contribution >= 4 is 33.0 Å². The third kappa shape index (κ3) is 3.77. The van der Waals surface area contributed by atoms with Crippen molar-refractivity contribution in [3.8, 4) is 6.07 Å². The molecule has 2 nitrogen and oxygen atoms in total. The zero-order valence-corrected chi connectivity index (χ0v) is 13.3. The summed E-state index contributed by atoms with van der Waals surface area (Å²) in [6, 6.07) is 7.25. The van der Waals surface area contributed by atoms with Gasteiger partial charge in [-0.15, -0.1) is 11.3 Å². The van der Waals surface area contributed by atoms with Crippen molar-refractivity contribution in [3.05, 3.63) is 50.1 Å². The van der Waals surface area contributed by atoms with Gasteiger partial charge >= 0.3 is 6.18 Å². The molecule has 2 rings (SSSR count). The highest BCUT2D eigenvalue weighted by Crippen LogP contribution is 2.34. The maximum Gasteiger partial charge on any atom is 0.417 e. The molecule has 0 unspecified atom stereocenters. The molecule has 7 heteroatoms. The second kappa shape index (κ2) is 6.08. The van der Waals surface area contributed by atoms with E-state index >= 15 is 0 Å². The summed E-state index contributed by atoms with van der Waals surface area (Å²) >= 11 is 4.87. The summed E-state index contributed by atoms with van der Waals surface area (Å²) in [5.41, 5.74) is -0.842. The largest absolute Gasteiger partial charge is 0.417 e. The van der Waals surface area contributed by atoms with E-state index in [1.807, 2.05) is 11.4 Å². The van der Waals surface area contributed by atoms with Crippen LogP contribution in [0.1, 0.15) is 16.0 Å². The molecule has 0 radical (unpaired) electrons. The summed E-state index contributed by atoms with van der Waals surface area (Å²) in [4.78, 5) is 2.75. The summed E-state index contributed by atoms with van der Waals surface area (Å²) in [6.45, 7) is 0.499. The van der Waals surface area contributed by atoms with E-state index in [0.717, 1.165) is 15.4 Å². The van der Waals surface area contributed by atoms with Crippen LogP contribution in [0.3, 0.4) is 0 Å². The molecular formula is C14H10BrF3N2S. The minimum absolute atomic E-state index is 0.362. The molecule has 1 heterocycles. The lowest BCUT2D eigenvalue weighted by molar-refractivity contribution is -0.137. The Morgan fingerprint density at radius 2 is 2.05 bits per heavy atom. The molecule has 0 N–H and O–H groups in total. The van der Waals surface area contributed by atoms with Gasteiger partial charge in [-0.1, -0.05) is 0 Å². The molecule has 0 atom stereocenters. The molecule has 0 saturated carbocycles. The summed E-state index contributed by atoms with van der Waals surface area (Å²) < 4.78 is 39.8. The topological polar surface area (TPSA) is 27.0 Å². The quantitative estimate of drug-likeness (QED) is 0.752. The standard InChI is InChI=1S/C14H10BrF3N2S/c1-20(7-12-4-10(15)8-21-12)11-3-2-9(6-19)13(5-11)14(16,17)18/h2-5,8H,7H2,1H3. The van der Waals surface area contributed by atoms with Crippen LogP contribution in [0.5, 0.6) is 0 Å². The Balaban J connectivity index is 2.30. The van der Waals surface area contributed by atoms with Crippen molar-refractivity contribution in [2.75, 3.05) is 11.9 Å². The number of benzene rings is 1.